The fraction of sp³-hybridized carbons (Fsp3) is 0.682. The molecule has 3 N–H and O–H groups in total. The van der Waals surface area contributed by atoms with Crippen molar-refractivity contribution in [3.63, 3.8) is 0 Å². The van der Waals surface area contributed by atoms with Crippen LogP contribution in [0, 0.1) is 5.41 Å². The Morgan fingerprint density at radius 1 is 1.10 bits per heavy atom. The second kappa shape index (κ2) is 7.11. The first-order chi connectivity index (χ1) is 14.7. The Morgan fingerprint density at radius 3 is 2.67 bits per heavy atom. The zero-order valence-electron chi connectivity index (χ0n) is 17.8. The summed E-state index contributed by atoms with van der Waals surface area (Å²) in [7, 11) is 2.05. The van der Waals surface area contributed by atoms with Crippen LogP contribution in [0.2, 0.25) is 0 Å². The fourth-order valence-corrected chi connectivity index (χ4v) is 5.89. The molecule has 0 atom stereocenters. The van der Waals surface area contributed by atoms with Gasteiger partial charge in [0.2, 0.25) is 5.95 Å². The van der Waals surface area contributed by atoms with Crippen molar-refractivity contribution < 1.29 is 0 Å². The molecule has 8 nitrogen and oxygen atoms in total. The predicted molar refractivity (Wildman–Crippen MR) is 119 cm³/mol. The van der Waals surface area contributed by atoms with Crippen LogP contribution in [-0.2, 0) is 0 Å². The lowest BCUT2D eigenvalue weighted by molar-refractivity contribution is 0.196. The van der Waals surface area contributed by atoms with Crippen molar-refractivity contribution in [2.75, 3.05) is 48.3 Å². The molecule has 7 rings (SSSR count). The summed E-state index contributed by atoms with van der Waals surface area (Å²) in [5, 5.41) is 14.6. The zero-order chi connectivity index (χ0) is 20.1. The second-order valence-electron chi connectivity index (χ2n) is 9.79. The van der Waals surface area contributed by atoms with Crippen molar-refractivity contribution in [2.24, 2.45) is 5.41 Å². The molecule has 2 bridgehead atoms. The molecule has 2 saturated carbocycles. The largest absolute Gasteiger partial charge is 0.356 e. The van der Waals surface area contributed by atoms with Crippen molar-refractivity contribution in [1.29, 1.82) is 0 Å². The second-order valence-corrected chi connectivity index (χ2v) is 9.79. The SMILES string of the molecule is CNCC12CC(C1)N(c1nc(Nc3cc(C4CCCC4)[nH]n3)cc(N3CCC3)n1)C2. The minimum atomic E-state index is 0.404. The third kappa shape index (κ3) is 3.12. The van der Waals surface area contributed by atoms with E-state index in [-0.39, 0.29) is 0 Å². The molecule has 0 unspecified atom stereocenters. The van der Waals surface area contributed by atoms with E-state index in [4.69, 9.17) is 9.97 Å². The maximum absolute atomic E-state index is 4.97. The lowest BCUT2D eigenvalue weighted by atomic mass is 9.70. The minimum Gasteiger partial charge on any atom is -0.356 e. The van der Waals surface area contributed by atoms with Gasteiger partial charge in [0, 0.05) is 61.4 Å². The van der Waals surface area contributed by atoms with E-state index in [0.29, 0.717) is 17.4 Å². The summed E-state index contributed by atoms with van der Waals surface area (Å²) in [6.07, 6.45) is 8.92. The first kappa shape index (κ1) is 18.4. The molecule has 2 aromatic heterocycles. The number of fused-ring (bicyclic) bond motifs is 1. The molecule has 3 aliphatic heterocycles. The summed E-state index contributed by atoms with van der Waals surface area (Å²) in [5.74, 6) is 4.23. The Labute approximate surface area is 177 Å². The monoisotopic (exact) mass is 408 g/mol. The summed E-state index contributed by atoms with van der Waals surface area (Å²) in [6, 6.07) is 4.82. The van der Waals surface area contributed by atoms with Gasteiger partial charge in [-0.05, 0) is 39.2 Å². The Morgan fingerprint density at radius 2 is 1.93 bits per heavy atom. The molecule has 5 heterocycles. The highest BCUT2D eigenvalue weighted by Gasteiger charge is 2.55. The van der Waals surface area contributed by atoms with Crippen molar-refractivity contribution in [1.82, 2.24) is 25.5 Å². The zero-order valence-corrected chi connectivity index (χ0v) is 17.8. The van der Waals surface area contributed by atoms with Gasteiger partial charge in [-0.2, -0.15) is 15.1 Å². The van der Waals surface area contributed by atoms with Crippen molar-refractivity contribution in [3.05, 3.63) is 17.8 Å². The molecule has 0 spiro atoms. The van der Waals surface area contributed by atoms with Gasteiger partial charge in [-0.15, -0.1) is 0 Å². The van der Waals surface area contributed by atoms with Gasteiger partial charge in [0.25, 0.3) is 0 Å². The van der Waals surface area contributed by atoms with Gasteiger partial charge in [-0.25, -0.2) is 0 Å². The van der Waals surface area contributed by atoms with Gasteiger partial charge < -0.3 is 20.4 Å². The first-order valence-electron chi connectivity index (χ1n) is 11.6. The smallest absolute Gasteiger partial charge is 0.229 e. The van der Waals surface area contributed by atoms with Gasteiger partial charge in [-0.1, -0.05) is 12.8 Å². The van der Waals surface area contributed by atoms with Gasteiger partial charge in [0.1, 0.15) is 11.6 Å². The molecule has 160 valence electrons. The molecule has 2 aliphatic carbocycles. The average Bonchev–Trinajstić information content (AvgIpc) is 3.43. The van der Waals surface area contributed by atoms with E-state index in [2.05, 4.69) is 49.8 Å². The number of aromatic nitrogens is 4. The maximum Gasteiger partial charge on any atom is 0.229 e. The van der Waals surface area contributed by atoms with Gasteiger partial charge in [-0.3, -0.25) is 5.10 Å². The standard InChI is InChI=1S/C22H32N8/c1-23-13-22-11-16(12-22)30(14-22)21-25-18(10-20(26-21)29-7-4-8-29)24-19-9-17(27-28-19)15-5-2-3-6-15/h9-10,15-16,23H,2-8,11-14H2,1H3,(H2,24,25,26,27,28). The molecular weight excluding hydrogens is 376 g/mol. The van der Waals surface area contributed by atoms with Gasteiger partial charge >= 0.3 is 0 Å². The molecule has 30 heavy (non-hydrogen) atoms. The van der Waals surface area contributed by atoms with Gasteiger partial charge in [0.05, 0.1) is 0 Å². The Bertz CT molecular complexity index is 908. The molecule has 8 heteroatoms. The molecule has 5 fully saturated rings. The molecule has 3 saturated heterocycles. The highest BCUT2D eigenvalue weighted by Crippen LogP contribution is 2.52. The van der Waals surface area contributed by atoms with Crippen molar-refractivity contribution >= 4 is 23.4 Å². The average molecular weight is 409 g/mol. The predicted octanol–water partition coefficient (Wildman–Crippen LogP) is 3.00. The van der Waals surface area contributed by atoms with Crippen molar-refractivity contribution in [3.8, 4) is 0 Å². The first-order valence-corrected chi connectivity index (χ1v) is 11.6. The number of anilines is 4. The topological polar surface area (TPSA) is 85.0 Å². The number of nitrogens with one attached hydrogen (secondary N) is 3. The van der Waals surface area contributed by atoms with E-state index in [9.17, 15) is 0 Å². The number of H-pyrrole nitrogens is 1. The maximum atomic E-state index is 4.97. The van der Waals surface area contributed by atoms with E-state index in [0.717, 1.165) is 49.6 Å². The number of aromatic amines is 1. The van der Waals surface area contributed by atoms with Crippen molar-refractivity contribution in [2.45, 2.75) is 56.9 Å². The molecule has 2 aromatic rings. The third-order valence-electron chi connectivity index (χ3n) is 7.62. The van der Waals surface area contributed by atoms with Crippen LogP contribution in [0.3, 0.4) is 0 Å². The van der Waals surface area contributed by atoms with E-state index in [1.807, 2.05) is 0 Å². The number of hydrogen-bond acceptors (Lipinski definition) is 7. The summed E-state index contributed by atoms with van der Waals surface area (Å²) in [5.41, 5.74) is 1.66. The quantitative estimate of drug-likeness (QED) is 0.649. The highest BCUT2D eigenvalue weighted by molar-refractivity contribution is 5.61. The Hall–Kier alpha value is -2.35. The van der Waals surface area contributed by atoms with Crippen LogP contribution in [0.25, 0.3) is 0 Å². The third-order valence-corrected chi connectivity index (χ3v) is 7.62. The fourth-order valence-electron chi connectivity index (χ4n) is 5.89. The van der Waals surface area contributed by atoms with Crippen LogP contribution in [-0.4, -0.2) is 59.4 Å². The Kier molecular flexibility index (Phi) is 4.37. The molecule has 0 radical (unpaired) electrons. The van der Waals surface area contributed by atoms with E-state index >= 15 is 0 Å². The summed E-state index contributed by atoms with van der Waals surface area (Å²) < 4.78 is 0. The number of rotatable bonds is 7. The highest BCUT2D eigenvalue weighted by atomic mass is 15.4. The van der Waals surface area contributed by atoms with Crippen LogP contribution >= 0.6 is 0 Å². The van der Waals surface area contributed by atoms with Crippen LogP contribution in [0.4, 0.5) is 23.4 Å². The van der Waals surface area contributed by atoms with E-state index < -0.39 is 0 Å². The van der Waals surface area contributed by atoms with Crippen LogP contribution in [0.15, 0.2) is 12.1 Å². The summed E-state index contributed by atoms with van der Waals surface area (Å²) in [4.78, 5) is 14.7. The lowest BCUT2D eigenvalue weighted by Gasteiger charge is -2.36. The van der Waals surface area contributed by atoms with Crippen LogP contribution in [0.1, 0.15) is 56.6 Å². The van der Waals surface area contributed by atoms with E-state index in [1.54, 1.807) is 0 Å². The number of nitrogens with zero attached hydrogens (tertiary/aromatic N) is 5. The number of hydrogen-bond donors (Lipinski definition) is 3. The summed E-state index contributed by atoms with van der Waals surface area (Å²) >= 11 is 0. The van der Waals surface area contributed by atoms with Crippen LogP contribution in [0.5, 0.6) is 0 Å². The lowest BCUT2D eigenvalue weighted by Crippen LogP contribution is -2.41. The molecule has 0 amide bonds. The van der Waals surface area contributed by atoms with Gasteiger partial charge in [0.15, 0.2) is 5.82 Å². The van der Waals surface area contributed by atoms with Crippen LogP contribution < -0.4 is 20.4 Å². The minimum absolute atomic E-state index is 0.404. The van der Waals surface area contributed by atoms with E-state index in [1.165, 1.54) is 50.6 Å². The molecule has 5 aliphatic rings. The molecular formula is C22H32N8. The summed E-state index contributed by atoms with van der Waals surface area (Å²) in [6.45, 7) is 4.29. The Balaban J connectivity index is 1.25. The molecule has 0 aromatic carbocycles. The normalized spacial score (nSPS) is 28.0.